The van der Waals surface area contributed by atoms with E-state index in [0.29, 0.717) is 19.8 Å². The Morgan fingerprint density at radius 1 is 1.23 bits per heavy atom. The molecule has 0 saturated heterocycles. The molecule has 0 saturated carbocycles. The SMILES string of the molecule is COC(C(=O)NCCCOCc1ccco1)c1ccccc1. The third kappa shape index (κ3) is 5.02. The maximum Gasteiger partial charge on any atom is 0.253 e. The Morgan fingerprint density at radius 2 is 2.05 bits per heavy atom. The van der Waals surface area contributed by atoms with Crippen LogP contribution in [0.4, 0.5) is 0 Å². The third-order valence-corrected chi connectivity index (χ3v) is 3.17. The molecule has 1 aromatic heterocycles. The number of amides is 1. The molecule has 0 aliphatic heterocycles. The average Bonchev–Trinajstić information content (AvgIpc) is 3.06. The van der Waals surface area contributed by atoms with Crippen molar-refractivity contribution in [2.45, 2.75) is 19.1 Å². The predicted molar refractivity (Wildman–Crippen MR) is 82.2 cm³/mol. The average molecular weight is 303 g/mol. The van der Waals surface area contributed by atoms with Gasteiger partial charge in [-0.2, -0.15) is 0 Å². The first-order valence-electron chi connectivity index (χ1n) is 7.27. The molecule has 22 heavy (non-hydrogen) atoms. The Kier molecular flexibility index (Phi) is 6.67. The molecule has 1 amide bonds. The van der Waals surface area contributed by atoms with Crippen LogP contribution in [0.3, 0.4) is 0 Å². The van der Waals surface area contributed by atoms with Gasteiger partial charge in [-0.25, -0.2) is 0 Å². The van der Waals surface area contributed by atoms with Gasteiger partial charge in [0, 0.05) is 20.3 Å². The lowest BCUT2D eigenvalue weighted by Gasteiger charge is -2.15. The Balaban J connectivity index is 1.64. The van der Waals surface area contributed by atoms with Gasteiger partial charge in [-0.15, -0.1) is 0 Å². The summed E-state index contributed by atoms with van der Waals surface area (Å²) in [6.07, 6.45) is 1.77. The lowest BCUT2D eigenvalue weighted by atomic mass is 10.1. The van der Waals surface area contributed by atoms with Gasteiger partial charge in [-0.3, -0.25) is 4.79 Å². The van der Waals surface area contributed by atoms with Gasteiger partial charge in [0.05, 0.1) is 6.26 Å². The standard InChI is InChI=1S/C17H21NO4/c1-20-16(14-7-3-2-4-8-14)17(19)18-10-6-11-21-13-15-9-5-12-22-15/h2-5,7-9,12,16H,6,10-11,13H2,1H3,(H,18,19). The lowest BCUT2D eigenvalue weighted by molar-refractivity contribution is -0.131. The van der Waals surface area contributed by atoms with Crippen molar-refractivity contribution >= 4 is 5.91 Å². The smallest absolute Gasteiger partial charge is 0.253 e. The number of benzene rings is 1. The number of nitrogens with one attached hydrogen (secondary N) is 1. The van der Waals surface area contributed by atoms with Crippen LogP contribution in [0.15, 0.2) is 53.1 Å². The number of rotatable bonds is 9. The topological polar surface area (TPSA) is 60.7 Å². The summed E-state index contributed by atoms with van der Waals surface area (Å²) in [6.45, 7) is 1.55. The Bertz CT molecular complexity index is 539. The second kappa shape index (κ2) is 9.02. The van der Waals surface area contributed by atoms with E-state index in [9.17, 15) is 4.79 Å². The van der Waals surface area contributed by atoms with Gasteiger partial charge in [0.1, 0.15) is 12.4 Å². The van der Waals surface area contributed by atoms with E-state index in [0.717, 1.165) is 17.7 Å². The van der Waals surface area contributed by atoms with E-state index in [1.54, 1.807) is 6.26 Å². The number of carbonyl (C=O) groups excluding carboxylic acids is 1. The summed E-state index contributed by atoms with van der Waals surface area (Å²) in [4.78, 5) is 12.1. The molecular formula is C17H21NO4. The Hall–Kier alpha value is -2.11. The molecule has 0 radical (unpaired) electrons. The van der Waals surface area contributed by atoms with Crippen LogP contribution in [0.25, 0.3) is 0 Å². The fourth-order valence-corrected chi connectivity index (χ4v) is 2.07. The molecule has 1 heterocycles. The third-order valence-electron chi connectivity index (χ3n) is 3.17. The van der Waals surface area contributed by atoms with Crippen molar-refractivity contribution in [2.75, 3.05) is 20.3 Å². The molecule has 5 nitrogen and oxygen atoms in total. The summed E-state index contributed by atoms with van der Waals surface area (Å²) in [7, 11) is 1.53. The van der Waals surface area contributed by atoms with Gasteiger partial charge in [-0.1, -0.05) is 30.3 Å². The fraction of sp³-hybridized carbons (Fsp3) is 0.353. The molecule has 0 fully saturated rings. The van der Waals surface area contributed by atoms with Crippen LogP contribution in [0.1, 0.15) is 23.8 Å². The van der Waals surface area contributed by atoms with Crippen molar-refractivity contribution in [3.8, 4) is 0 Å². The van der Waals surface area contributed by atoms with Crippen molar-refractivity contribution in [3.63, 3.8) is 0 Å². The molecule has 0 aliphatic carbocycles. The molecule has 1 N–H and O–H groups in total. The molecule has 118 valence electrons. The van der Waals surface area contributed by atoms with Crippen LogP contribution in [-0.4, -0.2) is 26.2 Å². The molecule has 1 atom stereocenters. The summed E-state index contributed by atoms with van der Waals surface area (Å²) in [5.41, 5.74) is 0.844. The molecule has 2 aromatic rings. The van der Waals surface area contributed by atoms with Crippen LogP contribution in [0.5, 0.6) is 0 Å². The molecule has 1 aromatic carbocycles. The molecular weight excluding hydrogens is 282 g/mol. The highest BCUT2D eigenvalue weighted by Gasteiger charge is 2.18. The van der Waals surface area contributed by atoms with E-state index in [2.05, 4.69) is 5.32 Å². The van der Waals surface area contributed by atoms with Crippen molar-refractivity contribution in [1.82, 2.24) is 5.32 Å². The number of methoxy groups -OCH3 is 1. The van der Waals surface area contributed by atoms with E-state index in [1.165, 1.54) is 7.11 Å². The second-order valence-corrected chi connectivity index (χ2v) is 4.80. The van der Waals surface area contributed by atoms with Crippen LogP contribution in [0.2, 0.25) is 0 Å². The lowest BCUT2D eigenvalue weighted by Crippen LogP contribution is -2.31. The highest BCUT2D eigenvalue weighted by molar-refractivity contribution is 5.82. The van der Waals surface area contributed by atoms with Gasteiger partial charge < -0.3 is 19.2 Å². The van der Waals surface area contributed by atoms with E-state index in [-0.39, 0.29) is 5.91 Å². The van der Waals surface area contributed by atoms with Crippen molar-refractivity contribution in [2.24, 2.45) is 0 Å². The van der Waals surface area contributed by atoms with Gasteiger partial charge >= 0.3 is 0 Å². The highest BCUT2D eigenvalue weighted by atomic mass is 16.5. The number of hydrogen-bond acceptors (Lipinski definition) is 4. The zero-order valence-electron chi connectivity index (χ0n) is 12.7. The number of hydrogen-bond donors (Lipinski definition) is 1. The predicted octanol–water partition coefficient (Wildman–Crippen LogP) is 2.69. The molecule has 0 bridgehead atoms. The summed E-state index contributed by atoms with van der Waals surface area (Å²) in [6, 6.07) is 13.1. The van der Waals surface area contributed by atoms with Crippen LogP contribution in [-0.2, 0) is 20.9 Å². The van der Waals surface area contributed by atoms with E-state index in [1.807, 2.05) is 42.5 Å². The van der Waals surface area contributed by atoms with Crippen LogP contribution in [0, 0.1) is 0 Å². The highest BCUT2D eigenvalue weighted by Crippen LogP contribution is 2.15. The molecule has 2 rings (SSSR count). The number of ether oxygens (including phenoxy) is 2. The van der Waals surface area contributed by atoms with Crippen molar-refractivity contribution < 1.29 is 18.7 Å². The normalized spacial score (nSPS) is 12.0. The monoisotopic (exact) mass is 303 g/mol. The molecule has 5 heteroatoms. The van der Waals surface area contributed by atoms with Gasteiger partial charge in [0.2, 0.25) is 0 Å². The minimum absolute atomic E-state index is 0.139. The maximum atomic E-state index is 12.1. The molecule has 0 aliphatic rings. The number of carbonyl (C=O) groups is 1. The first-order valence-corrected chi connectivity index (χ1v) is 7.27. The first-order chi connectivity index (χ1) is 10.8. The molecule has 0 spiro atoms. The minimum Gasteiger partial charge on any atom is -0.467 e. The first kappa shape index (κ1) is 16.3. The van der Waals surface area contributed by atoms with Crippen LogP contribution < -0.4 is 5.32 Å². The molecule has 1 unspecified atom stereocenters. The largest absolute Gasteiger partial charge is 0.467 e. The Morgan fingerprint density at radius 3 is 2.73 bits per heavy atom. The summed E-state index contributed by atoms with van der Waals surface area (Å²) in [5.74, 6) is 0.660. The zero-order chi connectivity index (χ0) is 15.6. The maximum absolute atomic E-state index is 12.1. The minimum atomic E-state index is -0.578. The van der Waals surface area contributed by atoms with Gasteiger partial charge in [-0.05, 0) is 24.1 Å². The van der Waals surface area contributed by atoms with Crippen LogP contribution >= 0.6 is 0 Å². The summed E-state index contributed by atoms with van der Waals surface area (Å²) >= 11 is 0. The van der Waals surface area contributed by atoms with E-state index >= 15 is 0 Å². The van der Waals surface area contributed by atoms with Gasteiger partial charge in [0.15, 0.2) is 6.10 Å². The van der Waals surface area contributed by atoms with E-state index < -0.39 is 6.10 Å². The van der Waals surface area contributed by atoms with Gasteiger partial charge in [0.25, 0.3) is 5.91 Å². The quantitative estimate of drug-likeness (QED) is 0.724. The summed E-state index contributed by atoms with van der Waals surface area (Å²) in [5, 5.41) is 2.86. The number of furan rings is 1. The van der Waals surface area contributed by atoms with Crippen molar-refractivity contribution in [3.05, 3.63) is 60.1 Å². The second-order valence-electron chi connectivity index (χ2n) is 4.80. The summed E-state index contributed by atoms with van der Waals surface area (Å²) < 4.78 is 15.9. The Labute approximate surface area is 130 Å². The van der Waals surface area contributed by atoms with Crippen molar-refractivity contribution in [1.29, 1.82) is 0 Å². The zero-order valence-corrected chi connectivity index (χ0v) is 12.7. The fourth-order valence-electron chi connectivity index (χ4n) is 2.07. The van der Waals surface area contributed by atoms with E-state index in [4.69, 9.17) is 13.9 Å².